The Morgan fingerprint density at radius 1 is 1.06 bits per heavy atom. The molecule has 2 aromatic carbocycles. The van der Waals surface area contributed by atoms with Crippen LogP contribution in [0.25, 0.3) is 11.1 Å². The van der Waals surface area contributed by atoms with Gasteiger partial charge in [-0.1, -0.05) is 30.3 Å². The fourth-order valence-electron chi connectivity index (χ4n) is 1.90. The summed E-state index contributed by atoms with van der Waals surface area (Å²) in [4.78, 5) is 0. The lowest BCUT2D eigenvalue weighted by Crippen LogP contribution is -2.11. The summed E-state index contributed by atoms with van der Waals surface area (Å²) in [5.74, 6) is -0.244. The molecule has 0 saturated heterocycles. The Morgan fingerprint density at radius 3 is 2.44 bits per heavy atom. The molecule has 0 bridgehead atoms. The molecular formula is C15H16FNO. The Balaban J connectivity index is 2.29. The second kappa shape index (κ2) is 5.76. The Morgan fingerprint density at radius 2 is 1.78 bits per heavy atom. The van der Waals surface area contributed by atoms with Crippen molar-refractivity contribution in [3.05, 3.63) is 59.9 Å². The average molecular weight is 245 g/mol. The summed E-state index contributed by atoms with van der Waals surface area (Å²) in [7, 11) is 0. The summed E-state index contributed by atoms with van der Waals surface area (Å²) in [6.45, 7) is 0.0714. The average Bonchev–Trinajstić information content (AvgIpc) is 2.40. The molecule has 3 heteroatoms. The van der Waals surface area contributed by atoms with E-state index in [9.17, 15) is 4.39 Å². The van der Waals surface area contributed by atoms with Crippen LogP contribution in [0.2, 0.25) is 0 Å². The number of aliphatic hydroxyl groups excluding tert-OH is 1. The van der Waals surface area contributed by atoms with Crippen LogP contribution < -0.4 is 5.73 Å². The van der Waals surface area contributed by atoms with E-state index < -0.39 is 0 Å². The Hall–Kier alpha value is -1.71. The van der Waals surface area contributed by atoms with E-state index in [0.29, 0.717) is 6.42 Å². The molecule has 0 amide bonds. The van der Waals surface area contributed by atoms with Crippen molar-refractivity contribution < 1.29 is 9.50 Å². The lowest BCUT2D eigenvalue weighted by Gasteiger charge is -2.12. The molecule has 94 valence electrons. The van der Waals surface area contributed by atoms with Crippen molar-refractivity contribution in [1.82, 2.24) is 0 Å². The molecule has 0 aliphatic heterocycles. The van der Waals surface area contributed by atoms with Crippen molar-refractivity contribution in [2.45, 2.75) is 12.5 Å². The number of halogens is 1. The molecule has 0 aromatic heterocycles. The minimum atomic E-state index is -0.244. The van der Waals surface area contributed by atoms with Gasteiger partial charge in [-0.2, -0.15) is 0 Å². The second-order valence-corrected chi connectivity index (χ2v) is 4.25. The molecule has 0 radical (unpaired) electrons. The lowest BCUT2D eigenvalue weighted by molar-refractivity contribution is 0.276. The number of benzene rings is 2. The molecule has 3 N–H and O–H groups in total. The van der Waals surface area contributed by atoms with Gasteiger partial charge in [0.05, 0.1) is 0 Å². The minimum absolute atomic E-state index is 0.0714. The van der Waals surface area contributed by atoms with E-state index >= 15 is 0 Å². The smallest absolute Gasteiger partial charge is 0.123 e. The first-order chi connectivity index (χ1) is 8.70. The highest BCUT2D eigenvalue weighted by molar-refractivity contribution is 5.64. The van der Waals surface area contributed by atoms with Gasteiger partial charge in [0.15, 0.2) is 0 Å². The van der Waals surface area contributed by atoms with Crippen molar-refractivity contribution in [1.29, 1.82) is 0 Å². The van der Waals surface area contributed by atoms with Crippen LogP contribution in [0.3, 0.4) is 0 Å². The summed E-state index contributed by atoms with van der Waals surface area (Å²) < 4.78 is 12.9. The van der Waals surface area contributed by atoms with Crippen LogP contribution in [-0.4, -0.2) is 11.7 Å². The van der Waals surface area contributed by atoms with Crippen LogP contribution >= 0.6 is 0 Å². The fourth-order valence-corrected chi connectivity index (χ4v) is 1.90. The zero-order chi connectivity index (χ0) is 13.0. The van der Waals surface area contributed by atoms with Crippen molar-refractivity contribution in [2.75, 3.05) is 6.61 Å². The third-order valence-electron chi connectivity index (χ3n) is 2.93. The lowest BCUT2D eigenvalue weighted by atomic mass is 9.98. The molecule has 2 rings (SSSR count). The van der Waals surface area contributed by atoms with Gasteiger partial charge in [-0.25, -0.2) is 4.39 Å². The predicted octanol–water partition coefficient (Wildman–Crippen LogP) is 2.87. The molecule has 0 saturated carbocycles. The van der Waals surface area contributed by atoms with Crippen LogP contribution in [0.5, 0.6) is 0 Å². The monoisotopic (exact) mass is 245 g/mol. The van der Waals surface area contributed by atoms with Gasteiger partial charge >= 0.3 is 0 Å². The van der Waals surface area contributed by atoms with E-state index in [-0.39, 0.29) is 18.5 Å². The summed E-state index contributed by atoms with van der Waals surface area (Å²) in [5, 5.41) is 8.89. The SMILES string of the molecule is NC(CCO)c1cccc(-c2ccc(F)cc2)c1. The molecule has 1 unspecified atom stereocenters. The molecule has 2 nitrogen and oxygen atoms in total. The Labute approximate surface area is 106 Å². The third-order valence-corrected chi connectivity index (χ3v) is 2.93. The quantitative estimate of drug-likeness (QED) is 0.870. The van der Waals surface area contributed by atoms with Crippen molar-refractivity contribution >= 4 is 0 Å². The number of rotatable bonds is 4. The van der Waals surface area contributed by atoms with E-state index in [0.717, 1.165) is 16.7 Å². The zero-order valence-electron chi connectivity index (χ0n) is 10.0. The first kappa shape index (κ1) is 12.7. The standard InChI is InChI=1S/C15H16FNO/c16-14-6-4-11(5-7-14)12-2-1-3-13(10-12)15(17)8-9-18/h1-7,10,15,18H,8-9,17H2. The molecular weight excluding hydrogens is 229 g/mol. The van der Waals surface area contributed by atoms with Gasteiger partial charge < -0.3 is 10.8 Å². The summed E-state index contributed by atoms with van der Waals surface area (Å²) in [6, 6.07) is 14.0. The maximum absolute atomic E-state index is 12.9. The maximum atomic E-state index is 12.9. The van der Waals surface area contributed by atoms with Gasteiger partial charge in [0, 0.05) is 12.6 Å². The summed E-state index contributed by atoms with van der Waals surface area (Å²) >= 11 is 0. The molecule has 0 heterocycles. The van der Waals surface area contributed by atoms with Crippen molar-refractivity contribution in [3.8, 4) is 11.1 Å². The largest absolute Gasteiger partial charge is 0.396 e. The van der Waals surface area contributed by atoms with E-state index in [2.05, 4.69) is 0 Å². The van der Waals surface area contributed by atoms with Gasteiger partial charge in [0.2, 0.25) is 0 Å². The highest BCUT2D eigenvalue weighted by Gasteiger charge is 2.06. The zero-order valence-corrected chi connectivity index (χ0v) is 10.0. The van der Waals surface area contributed by atoms with Gasteiger partial charge in [0.1, 0.15) is 5.82 Å². The minimum Gasteiger partial charge on any atom is -0.396 e. The number of aliphatic hydroxyl groups is 1. The van der Waals surface area contributed by atoms with Crippen LogP contribution in [0.4, 0.5) is 4.39 Å². The first-order valence-corrected chi connectivity index (χ1v) is 5.93. The van der Waals surface area contributed by atoms with Gasteiger partial charge in [-0.05, 0) is 41.3 Å². The van der Waals surface area contributed by atoms with Gasteiger partial charge in [-0.15, -0.1) is 0 Å². The highest BCUT2D eigenvalue weighted by Crippen LogP contribution is 2.23. The first-order valence-electron chi connectivity index (χ1n) is 5.93. The highest BCUT2D eigenvalue weighted by atomic mass is 19.1. The van der Waals surface area contributed by atoms with E-state index in [1.165, 1.54) is 12.1 Å². The second-order valence-electron chi connectivity index (χ2n) is 4.25. The van der Waals surface area contributed by atoms with Gasteiger partial charge in [0.25, 0.3) is 0 Å². The summed E-state index contributed by atoms with van der Waals surface area (Å²) in [6.07, 6.45) is 0.535. The van der Waals surface area contributed by atoms with Gasteiger partial charge in [-0.3, -0.25) is 0 Å². The Kier molecular flexibility index (Phi) is 4.07. The molecule has 0 spiro atoms. The molecule has 1 atom stereocenters. The number of hydrogen-bond acceptors (Lipinski definition) is 2. The van der Waals surface area contributed by atoms with E-state index in [4.69, 9.17) is 10.8 Å². The van der Waals surface area contributed by atoms with E-state index in [1.807, 2.05) is 24.3 Å². The van der Waals surface area contributed by atoms with Crippen molar-refractivity contribution in [2.24, 2.45) is 5.73 Å². The van der Waals surface area contributed by atoms with Crippen LogP contribution in [0.15, 0.2) is 48.5 Å². The predicted molar refractivity (Wildman–Crippen MR) is 70.5 cm³/mol. The molecule has 0 aliphatic rings. The maximum Gasteiger partial charge on any atom is 0.123 e. The normalized spacial score (nSPS) is 12.4. The molecule has 0 fully saturated rings. The summed E-state index contributed by atoms with van der Waals surface area (Å²) in [5.41, 5.74) is 8.89. The number of hydrogen-bond donors (Lipinski definition) is 2. The van der Waals surface area contributed by atoms with Crippen molar-refractivity contribution in [3.63, 3.8) is 0 Å². The Bertz CT molecular complexity index is 510. The molecule has 18 heavy (non-hydrogen) atoms. The molecule has 0 aliphatic carbocycles. The third kappa shape index (κ3) is 2.94. The number of nitrogens with two attached hydrogens (primary N) is 1. The van der Waals surface area contributed by atoms with Crippen LogP contribution in [0, 0.1) is 5.82 Å². The molecule has 2 aromatic rings. The fraction of sp³-hybridized carbons (Fsp3) is 0.200. The topological polar surface area (TPSA) is 46.2 Å². The van der Waals surface area contributed by atoms with E-state index in [1.54, 1.807) is 12.1 Å². The van der Waals surface area contributed by atoms with Crippen LogP contribution in [0.1, 0.15) is 18.0 Å². The van der Waals surface area contributed by atoms with Crippen LogP contribution in [-0.2, 0) is 0 Å².